The van der Waals surface area contributed by atoms with E-state index >= 15 is 0 Å². The Bertz CT molecular complexity index is 648. The fraction of sp³-hybridized carbons (Fsp3) is 0. The number of phenolic OH excluding ortho intramolecular Hbond substituents is 2. The van der Waals surface area contributed by atoms with Crippen LogP contribution in [0, 0.1) is 0 Å². The van der Waals surface area contributed by atoms with Gasteiger partial charge in [-0.1, -0.05) is 0 Å². The second-order valence-electron chi connectivity index (χ2n) is 3.52. The summed E-state index contributed by atoms with van der Waals surface area (Å²) in [4.78, 5) is 0. The van der Waals surface area contributed by atoms with E-state index in [1.54, 1.807) is 6.07 Å². The first kappa shape index (κ1) is 12.4. The number of nitrogen functional groups attached to an aromatic ring is 1. The highest BCUT2D eigenvalue weighted by atomic mass is 16.6. The molecule has 0 bridgehead atoms. The SMILES string of the molecule is N/C(=N\[NH+]=Cc1ccc(O)c(O)c1)c1nonc1N. The number of hydrazone groups is 1. The summed E-state index contributed by atoms with van der Waals surface area (Å²) in [5.41, 5.74) is 11.7. The second kappa shape index (κ2) is 5.04. The molecule has 1 aromatic carbocycles. The summed E-state index contributed by atoms with van der Waals surface area (Å²) in [7, 11) is 0. The van der Waals surface area contributed by atoms with Crippen LogP contribution in [0.4, 0.5) is 5.82 Å². The molecule has 19 heavy (non-hydrogen) atoms. The van der Waals surface area contributed by atoms with Crippen LogP contribution in [-0.4, -0.2) is 32.6 Å². The topological polar surface area (TPSA) is 158 Å². The van der Waals surface area contributed by atoms with E-state index in [2.05, 4.69) is 25.1 Å². The Morgan fingerprint density at radius 3 is 2.74 bits per heavy atom. The van der Waals surface area contributed by atoms with Crippen molar-refractivity contribution in [1.29, 1.82) is 0 Å². The van der Waals surface area contributed by atoms with Gasteiger partial charge in [0.15, 0.2) is 23.0 Å². The number of nitrogens with one attached hydrogen (secondary N) is 1. The molecule has 1 aromatic heterocycles. The molecular formula is C10H11N6O3+. The molecule has 7 N–H and O–H groups in total. The van der Waals surface area contributed by atoms with Crippen LogP contribution in [0.15, 0.2) is 27.9 Å². The average molecular weight is 263 g/mol. The molecule has 9 heteroatoms. The van der Waals surface area contributed by atoms with Crippen LogP contribution < -0.4 is 16.6 Å². The van der Waals surface area contributed by atoms with Gasteiger partial charge in [-0.05, 0) is 28.5 Å². The third kappa shape index (κ3) is 2.77. The van der Waals surface area contributed by atoms with E-state index in [9.17, 15) is 5.11 Å². The van der Waals surface area contributed by atoms with Gasteiger partial charge in [0.2, 0.25) is 12.1 Å². The molecule has 2 aromatic rings. The smallest absolute Gasteiger partial charge is 0.224 e. The minimum atomic E-state index is -0.238. The zero-order valence-electron chi connectivity index (χ0n) is 9.61. The van der Waals surface area contributed by atoms with Crippen molar-refractivity contribution in [2.45, 2.75) is 0 Å². The lowest BCUT2D eigenvalue weighted by atomic mass is 10.2. The van der Waals surface area contributed by atoms with Crippen LogP contribution in [0.2, 0.25) is 0 Å². The highest BCUT2D eigenvalue weighted by molar-refractivity contribution is 5.98. The zero-order chi connectivity index (χ0) is 13.8. The molecule has 9 nitrogen and oxygen atoms in total. The summed E-state index contributed by atoms with van der Waals surface area (Å²) in [6, 6.07) is 4.26. The number of rotatable bonds is 3. The molecule has 0 atom stereocenters. The fourth-order valence-electron chi connectivity index (χ4n) is 1.23. The van der Waals surface area contributed by atoms with E-state index in [4.69, 9.17) is 16.6 Å². The first-order valence-corrected chi connectivity index (χ1v) is 5.10. The van der Waals surface area contributed by atoms with Gasteiger partial charge in [0.25, 0.3) is 0 Å². The maximum absolute atomic E-state index is 9.29. The standard InChI is InChI=1S/C10H10N6O3/c11-9(8-10(12)16-19-15-8)14-13-4-5-1-2-6(17)7(18)3-5/h1-4,17-18H,(H2,11,14)(H2,12,16)/p+1. The van der Waals surface area contributed by atoms with Crippen molar-refractivity contribution >= 4 is 17.9 Å². The quantitative estimate of drug-likeness (QED) is 0.183. The molecule has 0 saturated carbocycles. The van der Waals surface area contributed by atoms with Gasteiger partial charge >= 0.3 is 0 Å². The van der Waals surface area contributed by atoms with Gasteiger partial charge in [-0.15, -0.1) is 5.10 Å². The molecule has 0 aliphatic heterocycles. The molecule has 0 amide bonds. The Morgan fingerprint density at radius 1 is 1.32 bits per heavy atom. The first-order chi connectivity index (χ1) is 9.08. The van der Waals surface area contributed by atoms with E-state index in [0.29, 0.717) is 5.56 Å². The summed E-state index contributed by atoms with van der Waals surface area (Å²) in [5, 5.41) is 31.6. The number of aromatic nitrogens is 2. The molecule has 2 rings (SSSR count). The van der Waals surface area contributed by atoms with Crippen molar-refractivity contribution in [1.82, 2.24) is 10.3 Å². The minimum absolute atomic E-state index is 0.00185. The van der Waals surface area contributed by atoms with Gasteiger partial charge in [-0.3, -0.25) is 0 Å². The molecule has 0 spiro atoms. The van der Waals surface area contributed by atoms with Gasteiger partial charge in [0.1, 0.15) is 0 Å². The minimum Gasteiger partial charge on any atom is -0.504 e. The Balaban J connectivity index is 2.15. The Kier molecular flexibility index (Phi) is 3.28. The van der Waals surface area contributed by atoms with E-state index in [0.717, 1.165) is 0 Å². The molecule has 0 unspecified atom stereocenters. The van der Waals surface area contributed by atoms with Gasteiger partial charge in [0, 0.05) is 10.7 Å². The second-order valence-corrected chi connectivity index (χ2v) is 3.52. The van der Waals surface area contributed by atoms with Crippen molar-refractivity contribution < 1.29 is 19.9 Å². The number of benzene rings is 1. The van der Waals surface area contributed by atoms with Crippen molar-refractivity contribution in [2.75, 3.05) is 5.73 Å². The summed E-state index contributed by atoms with van der Waals surface area (Å²) >= 11 is 0. The van der Waals surface area contributed by atoms with Gasteiger partial charge in [-0.25, -0.2) is 4.63 Å². The van der Waals surface area contributed by atoms with Crippen LogP contribution >= 0.6 is 0 Å². The van der Waals surface area contributed by atoms with Gasteiger partial charge in [0.05, 0.1) is 0 Å². The summed E-state index contributed by atoms with van der Waals surface area (Å²) < 4.78 is 4.38. The normalized spacial score (nSPS) is 12.1. The summed E-state index contributed by atoms with van der Waals surface area (Å²) in [6.07, 6.45) is 1.45. The Labute approximate surface area is 106 Å². The number of phenols is 2. The van der Waals surface area contributed by atoms with E-state index in [1.807, 2.05) is 0 Å². The number of amidine groups is 1. The maximum Gasteiger partial charge on any atom is 0.224 e. The number of hydrogen-bond donors (Lipinski definition) is 5. The number of anilines is 1. The van der Waals surface area contributed by atoms with Crippen LogP contribution in [0.1, 0.15) is 11.3 Å². The maximum atomic E-state index is 9.29. The molecule has 0 aliphatic carbocycles. The molecule has 0 fully saturated rings. The fourth-order valence-corrected chi connectivity index (χ4v) is 1.23. The average Bonchev–Trinajstić information content (AvgIpc) is 2.80. The largest absolute Gasteiger partial charge is 0.504 e. The third-order valence-corrected chi connectivity index (χ3v) is 2.17. The lowest BCUT2D eigenvalue weighted by Gasteiger charge is -1.95. The predicted molar refractivity (Wildman–Crippen MR) is 65.3 cm³/mol. The highest BCUT2D eigenvalue weighted by Gasteiger charge is 2.11. The summed E-state index contributed by atoms with van der Waals surface area (Å²) in [5.74, 6) is -0.414. The van der Waals surface area contributed by atoms with Crippen LogP contribution in [0.5, 0.6) is 11.5 Å². The van der Waals surface area contributed by atoms with Crippen molar-refractivity contribution in [3.05, 3.63) is 29.5 Å². The number of aromatic hydroxyl groups is 2. The van der Waals surface area contributed by atoms with Crippen LogP contribution in [-0.2, 0) is 0 Å². The van der Waals surface area contributed by atoms with Gasteiger partial charge in [-0.2, -0.15) is 0 Å². The van der Waals surface area contributed by atoms with Crippen molar-refractivity contribution in [2.24, 2.45) is 10.8 Å². The number of nitrogens with two attached hydrogens (primary N) is 2. The monoisotopic (exact) mass is 263 g/mol. The highest BCUT2D eigenvalue weighted by Crippen LogP contribution is 2.23. The van der Waals surface area contributed by atoms with Crippen LogP contribution in [0.25, 0.3) is 0 Å². The molecular weight excluding hydrogens is 252 g/mol. The van der Waals surface area contributed by atoms with E-state index in [1.165, 1.54) is 18.3 Å². The van der Waals surface area contributed by atoms with E-state index in [-0.39, 0.29) is 28.8 Å². The summed E-state index contributed by atoms with van der Waals surface area (Å²) in [6.45, 7) is 0. The Hall–Kier alpha value is -3.10. The zero-order valence-corrected chi connectivity index (χ0v) is 9.61. The lowest BCUT2D eigenvalue weighted by Crippen LogP contribution is -2.63. The Morgan fingerprint density at radius 2 is 2.11 bits per heavy atom. The molecule has 98 valence electrons. The molecule has 1 heterocycles. The molecule has 0 radical (unpaired) electrons. The van der Waals surface area contributed by atoms with Crippen LogP contribution in [0.3, 0.4) is 0 Å². The number of hydrogen-bond acceptors (Lipinski definition) is 7. The first-order valence-electron chi connectivity index (χ1n) is 5.10. The van der Waals surface area contributed by atoms with E-state index < -0.39 is 0 Å². The molecule has 0 saturated heterocycles. The third-order valence-electron chi connectivity index (χ3n) is 2.17. The van der Waals surface area contributed by atoms with Crippen molar-refractivity contribution in [3.63, 3.8) is 0 Å². The van der Waals surface area contributed by atoms with Gasteiger partial charge < -0.3 is 21.7 Å². The van der Waals surface area contributed by atoms with Crippen molar-refractivity contribution in [3.8, 4) is 11.5 Å². The lowest BCUT2D eigenvalue weighted by molar-refractivity contribution is -0.456. The predicted octanol–water partition coefficient (Wildman–Crippen LogP) is -2.12. The number of nitrogens with zero attached hydrogens (tertiary/aromatic N) is 3. The molecule has 0 aliphatic rings.